The second-order valence-electron chi connectivity index (χ2n) is 7.65. The molecule has 0 aromatic heterocycles. The van der Waals surface area contributed by atoms with Gasteiger partial charge in [0.15, 0.2) is 11.5 Å². The van der Waals surface area contributed by atoms with Crippen LogP contribution in [-0.4, -0.2) is 29.1 Å². The normalized spacial score (nSPS) is 14.5. The minimum atomic E-state index is -0.572. The summed E-state index contributed by atoms with van der Waals surface area (Å²) >= 11 is 12.8. The number of methoxy groups -OCH3 is 1. The highest BCUT2D eigenvalue weighted by Gasteiger charge is 2.35. The van der Waals surface area contributed by atoms with Crippen molar-refractivity contribution in [3.8, 4) is 11.5 Å². The minimum absolute atomic E-state index is 0.0479. The number of aryl methyl sites for hydroxylation is 1. The number of thioether (sulfide) groups is 1. The molecule has 1 heterocycles. The minimum Gasteiger partial charge on any atom is -0.493 e. The van der Waals surface area contributed by atoms with Crippen LogP contribution in [0.4, 0.5) is 4.79 Å². The molecule has 0 N–H and O–H groups in total. The van der Waals surface area contributed by atoms with Crippen molar-refractivity contribution < 1.29 is 23.9 Å². The van der Waals surface area contributed by atoms with E-state index in [1.165, 1.54) is 13.2 Å². The number of amides is 2. The van der Waals surface area contributed by atoms with E-state index in [4.69, 9.17) is 32.7 Å². The molecule has 1 fully saturated rings. The number of halogens is 2. The van der Waals surface area contributed by atoms with E-state index in [1.54, 1.807) is 48.5 Å². The number of imide groups is 1. The van der Waals surface area contributed by atoms with Gasteiger partial charge >= 0.3 is 5.97 Å². The summed E-state index contributed by atoms with van der Waals surface area (Å²) in [7, 11) is 1.45. The van der Waals surface area contributed by atoms with Crippen LogP contribution in [0, 0.1) is 6.92 Å². The fourth-order valence-electron chi connectivity index (χ4n) is 3.36. The van der Waals surface area contributed by atoms with E-state index in [1.807, 2.05) is 19.1 Å². The molecule has 1 saturated heterocycles. The summed E-state index contributed by atoms with van der Waals surface area (Å²) in [5.41, 5.74) is 2.47. The van der Waals surface area contributed by atoms with Gasteiger partial charge in [-0.25, -0.2) is 4.79 Å². The molecule has 0 spiro atoms. The molecule has 9 heteroatoms. The molecule has 6 nitrogen and oxygen atoms in total. The van der Waals surface area contributed by atoms with Gasteiger partial charge in [0.1, 0.15) is 0 Å². The summed E-state index contributed by atoms with van der Waals surface area (Å²) < 4.78 is 11.0. The molecular weight excluding hydrogens is 509 g/mol. The smallest absolute Gasteiger partial charge is 0.343 e. The number of carbonyl (C=O) groups is 3. The molecule has 0 unspecified atom stereocenters. The van der Waals surface area contributed by atoms with Crippen molar-refractivity contribution in [3.63, 3.8) is 0 Å². The van der Waals surface area contributed by atoms with Gasteiger partial charge in [-0.2, -0.15) is 0 Å². The third-order valence-electron chi connectivity index (χ3n) is 5.20. The van der Waals surface area contributed by atoms with Crippen LogP contribution in [0.25, 0.3) is 6.08 Å². The number of hydrogen-bond donors (Lipinski definition) is 0. The van der Waals surface area contributed by atoms with Gasteiger partial charge in [-0.15, -0.1) is 0 Å². The third-order valence-corrected chi connectivity index (χ3v) is 6.84. The van der Waals surface area contributed by atoms with E-state index >= 15 is 0 Å². The molecule has 2 amide bonds. The number of ether oxygens (including phenoxy) is 2. The van der Waals surface area contributed by atoms with Gasteiger partial charge in [0.05, 0.1) is 34.2 Å². The maximum Gasteiger partial charge on any atom is 0.343 e. The SMILES string of the molecule is COc1cccc(/C=C2\SC(=O)N(Cc3ccc(Cl)c(Cl)c3)C2=O)c1OC(=O)c1ccc(C)cc1. The van der Waals surface area contributed by atoms with E-state index in [0.717, 1.165) is 22.2 Å². The number of para-hydroxylation sites is 1. The zero-order valence-electron chi connectivity index (χ0n) is 18.7. The molecule has 1 aliphatic rings. The topological polar surface area (TPSA) is 72.9 Å². The highest BCUT2D eigenvalue weighted by atomic mass is 35.5. The summed E-state index contributed by atoms with van der Waals surface area (Å²) in [6, 6.07) is 16.9. The molecule has 0 aliphatic carbocycles. The number of nitrogens with zero attached hydrogens (tertiary/aromatic N) is 1. The zero-order valence-corrected chi connectivity index (χ0v) is 21.0. The zero-order chi connectivity index (χ0) is 25.1. The van der Waals surface area contributed by atoms with Gasteiger partial charge in [0, 0.05) is 5.56 Å². The van der Waals surface area contributed by atoms with Crippen molar-refractivity contribution >= 4 is 58.2 Å². The van der Waals surface area contributed by atoms with Crippen molar-refractivity contribution in [3.05, 3.63) is 97.9 Å². The van der Waals surface area contributed by atoms with Crippen molar-refractivity contribution in [2.24, 2.45) is 0 Å². The Morgan fingerprint density at radius 2 is 1.77 bits per heavy atom. The number of hydrogen-bond acceptors (Lipinski definition) is 6. The predicted molar refractivity (Wildman–Crippen MR) is 137 cm³/mol. The standard InChI is InChI=1S/C26H19Cl2NO5S/c1-15-6-9-17(10-7-15)25(31)34-23-18(4-3-5-21(23)33-2)13-22-24(30)29(26(32)35-22)14-16-8-11-19(27)20(28)12-16/h3-13H,14H2,1-2H3/b22-13-. The van der Waals surface area contributed by atoms with Crippen LogP contribution in [0.15, 0.2) is 65.6 Å². The monoisotopic (exact) mass is 527 g/mol. The second kappa shape index (κ2) is 10.6. The summed E-state index contributed by atoms with van der Waals surface area (Å²) in [6.07, 6.45) is 1.51. The fourth-order valence-corrected chi connectivity index (χ4v) is 4.51. The first-order chi connectivity index (χ1) is 16.8. The van der Waals surface area contributed by atoms with E-state index in [9.17, 15) is 14.4 Å². The van der Waals surface area contributed by atoms with E-state index in [0.29, 0.717) is 32.5 Å². The molecule has 1 aliphatic heterocycles. The lowest BCUT2D eigenvalue weighted by atomic mass is 10.1. The first kappa shape index (κ1) is 24.9. The van der Waals surface area contributed by atoms with Crippen LogP contribution >= 0.6 is 35.0 Å². The number of rotatable bonds is 6. The summed E-state index contributed by atoms with van der Waals surface area (Å²) in [4.78, 5) is 39.7. The van der Waals surface area contributed by atoms with Gasteiger partial charge in [-0.1, -0.05) is 59.1 Å². The number of carbonyl (C=O) groups excluding carboxylic acids is 3. The lowest BCUT2D eigenvalue weighted by Gasteiger charge is -2.13. The maximum atomic E-state index is 13.0. The van der Waals surface area contributed by atoms with E-state index in [-0.39, 0.29) is 17.2 Å². The Hall–Kier alpha value is -3.26. The molecule has 35 heavy (non-hydrogen) atoms. The molecule has 3 aromatic carbocycles. The lowest BCUT2D eigenvalue weighted by molar-refractivity contribution is -0.123. The Bertz CT molecular complexity index is 1350. The predicted octanol–water partition coefficient (Wildman–Crippen LogP) is 6.77. The molecule has 3 aromatic rings. The Labute approximate surface area is 216 Å². The summed E-state index contributed by atoms with van der Waals surface area (Å²) in [5, 5.41) is 0.298. The van der Waals surface area contributed by atoms with Crippen LogP contribution in [0.2, 0.25) is 10.0 Å². The van der Waals surface area contributed by atoms with E-state index < -0.39 is 17.1 Å². The quantitative estimate of drug-likeness (QED) is 0.200. The highest BCUT2D eigenvalue weighted by Crippen LogP contribution is 2.38. The maximum absolute atomic E-state index is 13.0. The first-order valence-corrected chi connectivity index (χ1v) is 12.0. The van der Waals surface area contributed by atoms with Gasteiger partial charge in [0.2, 0.25) is 0 Å². The van der Waals surface area contributed by atoms with Crippen LogP contribution in [-0.2, 0) is 11.3 Å². The second-order valence-corrected chi connectivity index (χ2v) is 9.46. The third kappa shape index (κ3) is 5.53. The Morgan fingerprint density at radius 3 is 2.46 bits per heavy atom. The van der Waals surface area contributed by atoms with Crippen LogP contribution in [0.5, 0.6) is 11.5 Å². The van der Waals surface area contributed by atoms with Crippen molar-refractivity contribution in [2.75, 3.05) is 7.11 Å². The average Bonchev–Trinajstić information content (AvgIpc) is 3.10. The largest absolute Gasteiger partial charge is 0.493 e. The highest BCUT2D eigenvalue weighted by molar-refractivity contribution is 8.18. The summed E-state index contributed by atoms with van der Waals surface area (Å²) in [5.74, 6) is -0.576. The van der Waals surface area contributed by atoms with Crippen molar-refractivity contribution in [1.29, 1.82) is 0 Å². The van der Waals surface area contributed by atoms with Crippen molar-refractivity contribution in [2.45, 2.75) is 13.5 Å². The Balaban J connectivity index is 1.61. The molecule has 0 bridgehead atoms. The molecule has 178 valence electrons. The Morgan fingerprint density at radius 1 is 1.03 bits per heavy atom. The lowest BCUT2D eigenvalue weighted by Crippen LogP contribution is -2.27. The average molecular weight is 528 g/mol. The van der Waals surface area contributed by atoms with Crippen LogP contribution in [0.1, 0.15) is 27.0 Å². The van der Waals surface area contributed by atoms with Crippen LogP contribution in [0.3, 0.4) is 0 Å². The van der Waals surface area contributed by atoms with Crippen LogP contribution < -0.4 is 9.47 Å². The van der Waals surface area contributed by atoms with Gasteiger partial charge in [0.25, 0.3) is 11.1 Å². The van der Waals surface area contributed by atoms with Gasteiger partial charge < -0.3 is 9.47 Å². The molecule has 0 radical (unpaired) electrons. The number of esters is 1. The van der Waals surface area contributed by atoms with Gasteiger partial charge in [-0.3, -0.25) is 14.5 Å². The molecule has 4 rings (SSSR count). The Kier molecular flexibility index (Phi) is 7.50. The van der Waals surface area contributed by atoms with E-state index in [2.05, 4.69) is 0 Å². The number of benzene rings is 3. The molecule has 0 atom stereocenters. The first-order valence-electron chi connectivity index (χ1n) is 10.4. The molecule has 0 saturated carbocycles. The molecular formula is C26H19Cl2NO5S. The fraction of sp³-hybridized carbons (Fsp3) is 0.115. The van der Waals surface area contributed by atoms with Gasteiger partial charge in [-0.05, 0) is 60.7 Å². The van der Waals surface area contributed by atoms with Crippen molar-refractivity contribution in [1.82, 2.24) is 4.90 Å². The summed E-state index contributed by atoms with van der Waals surface area (Å²) in [6.45, 7) is 1.97.